The molecule has 0 N–H and O–H groups in total. The summed E-state index contributed by atoms with van der Waals surface area (Å²) in [5.74, 6) is 0. The number of hydrogen-bond donors (Lipinski definition) is 0. The minimum absolute atomic E-state index is 0.910. The van der Waals surface area contributed by atoms with E-state index in [0.29, 0.717) is 0 Å². The van der Waals surface area contributed by atoms with Crippen molar-refractivity contribution < 1.29 is 8.83 Å². The Kier molecular flexibility index (Phi) is 2.78. The molecular weight excluding hydrogens is 440 g/mol. The third kappa shape index (κ3) is 1.81. The van der Waals surface area contributed by atoms with Crippen molar-refractivity contribution in [1.82, 2.24) is 0 Å². The quantitative estimate of drug-likeness (QED) is 0.168. The van der Waals surface area contributed by atoms with Crippen LogP contribution in [0.3, 0.4) is 0 Å². The second-order valence-corrected chi connectivity index (χ2v) is 10.00. The minimum atomic E-state index is 0.910. The molecule has 8 aromatic carbocycles. The lowest BCUT2D eigenvalue weighted by Gasteiger charge is -2.22. The van der Waals surface area contributed by atoms with Crippen LogP contribution < -0.4 is 0 Å². The smallest absolute Gasteiger partial charge is 0.136 e. The molecule has 0 aliphatic rings. The summed E-state index contributed by atoms with van der Waals surface area (Å²) in [4.78, 5) is 0. The van der Waals surface area contributed by atoms with Gasteiger partial charge in [0.25, 0.3) is 0 Å². The Balaban J connectivity index is 1.70. The van der Waals surface area contributed by atoms with Gasteiger partial charge >= 0.3 is 0 Å². The third-order valence-electron chi connectivity index (χ3n) is 8.34. The van der Waals surface area contributed by atoms with E-state index in [9.17, 15) is 0 Å². The van der Waals surface area contributed by atoms with Gasteiger partial charge in [0.05, 0.1) is 0 Å². The van der Waals surface area contributed by atoms with E-state index in [2.05, 4.69) is 97.1 Å². The maximum Gasteiger partial charge on any atom is 0.136 e. The molecule has 0 aliphatic heterocycles. The van der Waals surface area contributed by atoms with Crippen molar-refractivity contribution in [3.8, 4) is 0 Å². The van der Waals surface area contributed by atoms with Gasteiger partial charge in [0.2, 0.25) is 0 Å². The van der Waals surface area contributed by atoms with Crippen LogP contribution in [0.25, 0.3) is 97.7 Å². The predicted octanol–water partition coefficient (Wildman–Crippen LogP) is 10.1. The van der Waals surface area contributed by atoms with Crippen molar-refractivity contribution in [1.29, 1.82) is 0 Å². The number of rotatable bonds is 0. The Morgan fingerprint density at radius 1 is 0.278 bits per heavy atom. The van der Waals surface area contributed by atoms with Crippen LogP contribution in [-0.4, -0.2) is 0 Å². The van der Waals surface area contributed by atoms with Crippen LogP contribution in [0.5, 0.6) is 0 Å². The molecule has 10 rings (SSSR count). The van der Waals surface area contributed by atoms with E-state index < -0.39 is 0 Å². The molecule has 10 aromatic rings. The van der Waals surface area contributed by atoms with Gasteiger partial charge in [-0.15, -0.1) is 0 Å². The van der Waals surface area contributed by atoms with E-state index in [4.69, 9.17) is 8.83 Å². The fraction of sp³-hybridized carbons (Fsp3) is 0. The summed E-state index contributed by atoms with van der Waals surface area (Å²) >= 11 is 0. The molecule has 2 aromatic heterocycles. The zero-order valence-electron chi connectivity index (χ0n) is 19.1. The van der Waals surface area contributed by atoms with Crippen molar-refractivity contribution in [2.75, 3.05) is 0 Å². The number of benzene rings is 8. The fourth-order valence-corrected chi connectivity index (χ4v) is 7.00. The molecule has 0 saturated heterocycles. The lowest BCUT2D eigenvalue weighted by molar-refractivity contribution is 0.661. The van der Waals surface area contributed by atoms with Crippen LogP contribution in [0.4, 0.5) is 0 Å². The molecule has 0 radical (unpaired) electrons. The zero-order chi connectivity index (χ0) is 23.1. The second-order valence-electron chi connectivity index (χ2n) is 10.00. The zero-order valence-corrected chi connectivity index (χ0v) is 19.1. The van der Waals surface area contributed by atoms with Gasteiger partial charge in [-0.2, -0.15) is 0 Å². The highest BCUT2D eigenvalue weighted by molar-refractivity contribution is 6.49. The first-order valence-corrected chi connectivity index (χ1v) is 12.4. The largest absolute Gasteiger partial charge is 0.456 e. The first kappa shape index (κ1) is 17.6. The summed E-state index contributed by atoms with van der Waals surface area (Å²) in [5, 5.41) is 17.3. The predicted molar refractivity (Wildman–Crippen MR) is 151 cm³/mol. The van der Waals surface area contributed by atoms with Crippen LogP contribution >= 0.6 is 0 Å². The van der Waals surface area contributed by atoms with Gasteiger partial charge in [0.1, 0.15) is 22.3 Å². The van der Waals surface area contributed by atoms with Gasteiger partial charge in [-0.1, -0.05) is 66.7 Å². The lowest BCUT2D eigenvalue weighted by atomic mass is 9.83. The van der Waals surface area contributed by atoms with Crippen molar-refractivity contribution >= 4 is 97.7 Å². The topological polar surface area (TPSA) is 26.3 Å². The molecule has 0 aliphatic carbocycles. The summed E-state index contributed by atoms with van der Waals surface area (Å²) < 4.78 is 13.3. The number of fused-ring (bicyclic) bond motifs is 6. The molecule has 36 heavy (non-hydrogen) atoms. The summed E-state index contributed by atoms with van der Waals surface area (Å²) in [6.07, 6.45) is 0. The molecule has 0 bridgehead atoms. The van der Waals surface area contributed by atoms with Gasteiger partial charge in [-0.25, -0.2) is 0 Å². The molecule has 164 valence electrons. The molecular formula is C34H16O2. The maximum absolute atomic E-state index is 6.66. The Bertz CT molecular complexity index is 2520. The average Bonchev–Trinajstić information content (AvgIpc) is 2.93. The maximum atomic E-state index is 6.66. The van der Waals surface area contributed by atoms with Crippen molar-refractivity contribution in [2.45, 2.75) is 0 Å². The number of hydrogen-bond acceptors (Lipinski definition) is 2. The first-order valence-electron chi connectivity index (χ1n) is 12.4. The van der Waals surface area contributed by atoms with Crippen LogP contribution in [0.2, 0.25) is 0 Å². The van der Waals surface area contributed by atoms with Crippen LogP contribution in [0.15, 0.2) is 106 Å². The van der Waals surface area contributed by atoms with E-state index in [0.717, 1.165) is 22.3 Å². The molecule has 2 heteroatoms. The highest BCUT2D eigenvalue weighted by Gasteiger charge is 2.25. The second kappa shape index (κ2) is 5.69. The monoisotopic (exact) mass is 456 g/mol. The van der Waals surface area contributed by atoms with E-state index >= 15 is 0 Å². The molecule has 0 atom stereocenters. The average molecular weight is 457 g/mol. The van der Waals surface area contributed by atoms with E-state index in [-0.39, 0.29) is 0 Å². The van der Waals surface area contributed by atoms with Crippen molar-refractivity contribution in [3.63, 3.8) is 0 Å². The molecule has 0 amide bonds. The fourth-order valence-electron chi connectivity index (χ4n) is 7.00. The Labute approximate surface area is 203 Å². The molecule has 0 fully saturated rings. The van der Waals surface area contributed by atoms with Crippen molar-refractivity contribution in [2.24, 2.45) is 0 Å². The highest BCUT2D eigenvalue weighted by atomic mass is 16.3. The first-order chi connectivity index (χ1) is 17.9. The Morgan fingerprint density at radius 3 is 1.75 bits per heavy atom. The summed E-state index contributed by atoms with van der Waals surface area (Å²) in [5.41, 5.74) is 3.70. The Hall–Kier alpha value is -4.82. The Morgan fingerprint density at radius 2 is 0.833 bits per heavy atom. The highest BCUT2D eigenvalue weighted by Crippen LogP contribution is 2.52. The van der Waals surface area contributed by atoms with Gasteiger partial charge in [0.15, 0.2) is 0 Å². The molecule has 2 heterocycles. The van der Waals surface area contributed by atoms with E-state index in [1.165, 1.54) is 75.4 Å². The van der Waals surface area contributed by atoms with Crippen LogP contribution in [0.1, 0.15) is 0 Å². The third-order valence-corrected chi connectivity index (χ3v) is 8.34. The minimum Gasteiger partial charge on any atom is -0.456 e. The van der Waals surface area contributed by atoms with Gasteiger partial charge in [-0.3, -0.25) is 0 Å². The van der Waals surface area contributed by atoms with Crippen molar-refractivity contribution in [3.05, 3.63) is 97.1 Å². The lowest BCUT2D eigenvalue weighted by Crippen LogP contribution is -1.94. The van der Waals surface area contributed by atoms with Gasteiger partial charge < -0.3 is 8.83 Å². The van der Waals surface area contributed by atoms with Crippen LogP contribution in [-0.2, 0) is 0 Å². The van der Waals surface area contributed by atoms with Gasteiger partial charge in [0, 0.05) is 43.1 Å². The molecule has 2 nitrogen and oxygen atoms in total. The molecule has 0 spiro atoms. The van der Waals surface area contributed by atoms with E-state index in [1.807, 2.05) is 0 Å². The van der Waals surface area contributed by atoms with Crippen LogP contribution in [0, 0.1) is 0 Å². The van der Waals surface area contributed by atoms with Gasteiger partial charge in [-0.05, 0) is 62.6 Å². The molecule has 0 unspecified atom stereocenters. The summed E-state index contributed by atoms with van der Waals surface area (Å²) in [7, 11) is 0. The molecule has 0 saturated carbocycles. The summed E-state index contributed by atoms with van der Waals surface area (Å²) in [6.45, 7) is 0. The normalized spacial score (nSPS) is 13.0. The standard InChI is InChI=1S/C34H16O2/c1-2-7-19-17(5-1)11-14-24-28(19)31-22-9-4-10-23-29(22)34-30-21(13-16-26(36-24)33(30)31)20-8-3-6-18-12-15-25(35-23)32(34)27(18)20/h1-16H. The SMILES string of the molecule is c1ccc2c(c1)ccc1oc3ccc4c5cccc6ccc7oc8cccc9c8c(c7c65)c4c3c9c12. The van der Waals surface area contributed by atoms with E-state index in [1.54, 1.807) is 0 Å². The summed E-state index contributed by atoms with van der Waals surface area (Å²) in [6, 6.07) is 34.7.